The summed E-state index contributed by atoms with van der Waals surface area (Å²) in [6, 6.07) is 9.30. The van der Waals surface area contributed by atoms with E-state index in [2.05, 4.69) is 45.1 Å². The minimum atomic E-state index is -0.344. The van der Waals surface area contributed by atoms with Crippen LogP contribution < -0.4 is 10.8 Å². The number of benzene rings is 1. The summed E-state index contributed by atoms with van der Waals surface area (Å²) in [5, 5.41) is 3.67. The number of fused-ring (bicyclic) bond motifs is 2. The Bertz CT molecular complexity index is 672. The Labute approximate surface area is 163 Å². The molecule has 27 heavy (non-hydrogen) atoms. The lowest BCUT2D eigenvalue weighted by Crippen LogP contribution is -2.50. The molecule has 0 saturated carbocycles. The molecule has 2 unspecified atom stereocenters. The van der Waals surface area contributed by atoms with Crippen molar-refractivity contribution < 1.29 is 14.1 Å². The SMILES string of the molecule is CC1(C)OB(c2ccc(CC(=O)C3CC4CCCC(C3)N4)cc2)OC1(C)C. The number of rotatable bonds is 4. The molecule has 2 bridgehead atoms. The lowest BCUT2D eigenvalue weighted by atomic mass is 9.76. The molecule has 0 aliphatic carbocycles. The molecule has 1 aromatic carbocycles. The highest BCUT2D eigenvalue weighted by Crippen LogP contribution is 2.36. The summed E-state index contributed by atoms with van der Waals surface area (Å²) in [6.07, 6.45) is 6.33. The molecule has 146 valence electrons. The third-order valence-corrected chi connectivity index (χ3v) is 7.05. The van der Waals surface area contributed by atoms with Crippen LogP contribution in [-0.2, 0) is 20.5 Å². The van der Waals surface area contributed by atoms with Crippen LogP contribution in [0.1, 0.15) is 65.4 Å². The van der Waals surface area contributed by atoms with Gasteiger partial charge in [0.2, 0.25) is 0 Å². The highest BCUT2D eigenvalue weighted by atomic mass is 16.7. The van der Waals surface area contributed by atoms with Gasteiger partial charge in [-0.15, -0.1) is 0 Å². The lowest BCUT2D eigenvalue weighted by Gasteiger charge is -2.39. The number of carbonyl (C=O) groups is 1. The molecular weight excluding hydrogens is 337 g/mol. The molecule has 1 aromatic rings. The summed E-state index contributed by atoms with van der Waals surface area (Å²) in [7, 11) is -0.344. The standard InChI is InChI=1S/C22H32BNO3/c1-21(2)22(3,4)27-23(26-21)17-10-8-15(9-11-17)12-20(25)16-13-18-6-5-7-19(14-16)24-18/h8-11,16,18-19,24H,5-7,12-14H2,1-4H3. The van der Waals surface area contributed by atoms with Crippen LogP contribution in [0, 0.1) is 5.92 Å². The Morgan fingerprint density at radius 3 is 2.15 bits per heavy atom. The molecule has 3 fully saturated rings. The van der Waals surface area contributed by atoms with E-state index < -0.39 is 0 Å². The second kappa shape index (κ2) is 7.02. The van der Waals surface area contributed by atoms with Crippen molar-refractivity contribution in [1.29, 1.82) is 0 Å². The molecule has 1 N–H and O–H groups in total. The van der Waals surface area contributed by atoms with Crippen LogP contribution in [0.4, 0.5) is 0 Å². The lowest BCUT2D eigenvalue weighted by molar-refractivity contribution is -0.124. The number of ketones is 1. The smallest absolute Gasteiger partial charge is 0.399 e. The van der Waals surface area contributed by atoms with E-state index in [-0.39, 0.29) is 24.2 Å². The summed E-state index contributed by atoms with van der Waals surface area (Å²) in [6.45, 7) is 8.26. The van der Waals surface area contributed by atoms with E-state index in [9.17, 15) is 4.79 Å². The Morgan fingerprint density at radius 1 is 1.04 bits per heavy atom. The van der Waals surface area contributed by atoms with Gasteiger partial charge in [-0.2, -0.15) is 0 Å². The second-order valence-electron chi connectivity index (χ2n) is 9.63. The predicted molar refractivity (Wildman–Crippen MR) is 108 cm³/mol. The normalized spacial score (nSPS) is 31.7. The van der Waals surface area contributed by atoms with Gasteiger partial charge >= 0.3 is 7.12 Å². The molecule has 0 radical (unpaired) electrons. The monoisotopic (exact) mass is 369 g/mol. The van der Waals surface area contributed by atoms with Gasteiger partial charge in [-0.25, -0.2) is 0 Å². The van der Waals surface area contributed by atoms with Crippen LogP contribution >= 0.6 is 0 Å². The minimum Gasteiger partial charge on any atom is -0.399 e. The van der Waals surface area contributed by atoms with Gasteiger partial charge in [0.15, 0.2) is 0 Å². The number of carbonyl (C=O) groups excluding carboxylic acids is 1. The van der Waals surface area contributed by atoms with Crippen LogP contribution in [0.5, 0.6) is 0 Å². The third-order valence-electron chi connectivity index (χ3n) is 7.05. The summed E-state index contributed by atoms with van der Waals surface area (Å²) >= 11 is 0. The second-order valence-corrected chi connectivity index (χ2v) is 9.63. The van der Waals surface area contributed by atoms with Crippen molar-refractivity contribution in [3.63, 3.8) is 0 Å². The first kappa shape index (κ1) is 19.2. The van der Waals surface area contributed by atoms with Gasteiger partial charge in [-0.1, -0.05) is 30.7 Å². The fourth-order valence-corrected chi connectivity index (χ4v) is 4.65. The molecule has 3 aliphatic rings. The summed E-state index contributed by atoms with van der Waals surface area (Å²) in [5.41, 5.74) is 1.43. The Hall–Kier alpha value is -1.17. The average molecular weight is 369 g/mol. The molecule has 2 atom stereocenters. The van der Waals surface area contributed by atoms with E-state index in [1.165, 1.54) is 19.3 Å². The van der Waals surface area contributed by atoms with E-state index >= 15 is 0 Å². The first-order chi connectivity index (χ1) is 12.7. The fourth-order valence-electron chi connectivity index (χ4n) is 4.65. The van der Waals surface area contributed by atoms with E-state index in [4.69, 9.17) is 9.31 Å². The maximum Gasteiger partial charge on any atom is 0.494 e. The Balaban J connectivity index is 1.38. The molecular formula is C22H32BNO3. The largest absolute Gasteiger partial charge is 0.494 e. The third kappa shape index (κ3) is 3.87. The highest BCUT2D eigenvalue weighted by molar-refractivity contribution is 6.62. The number of Topliss-reactive ketones (excluding diaryl/α,β-unsaturated/α-hetero) is 1. The first-order valence-corrected chi connectivity index (χ1v) is 10.5. The Kier molecular flexibility index (Phi) is 4.98. The van der Waals surface area contributed by atoms with Gasteiger partial charge in [0.25, 0.3) is 0 Å². The Morgan fingerprint density at radius 2 is 1.59 bits per heavy atom. The van der Waals surface area contributed by atoms with Gasteiger partial charge in [-0.05, 0) is 64.4 Å². The van der Waals surface area contributed by atoms with Gasteiger partial charge in [0.05, 0.1) is 11.2 Å². The van der Waals surface area contributed by atoms with Crippen LogP contribution in [-0.4, -0.2) is 36.2 Å². The van der Waals surface area contributed by atoms with Crippen molar-refractivity contribution in [1.82, 2.24) is 5.32 Å². The van der Waals surface area contributed by atoms with E-state index in [0.29, 0.717) is 24.3 Å². The number of piperidine rings is 2. The number of hydrogen-bond donors (Lipinski definition) is 1. The topological polar surface area (TPSA) is 47.6 Å². The zero-order valence-corrected chi connectivity index (χ0v) is 17.1. The molecule has 3 heterocycles. The van der Waals surface area contributed by atoms with Gasteiger partial charge in [0.1, 0.15) is 5.78 Å². The van der Waals surface area contributed by atoms with Crippen molar-refractivity contribution in [3.8, 4) is 0 Å². The van der Waals surface area contributed by atoms with E-state index in [0.717, 1.165) is 23.9 Å². The maximum atomic E-state index is 12.8. The molecule has 4 rings (SSSR count). The molecule has 0 amide bonds. The van der Waals surface area contributed by atoms with Crippen LogP contribution in [0.3, 0.4) is 0 Å². The molecule has 0 spiro atoms. The van der Waals surface area contributed by atoms with Crippen LogP contribution in [0.15, 0.2) is 24.3 Å². The quantitative estimate of drug-likeness (QED) is 0.829. The van der Waals surface area contributed by atoms with Crippen molar-refractivity contribution >= 4 is 18.4 Å². The van der Waals surface area contributed by atoms with Crippen molar-refractivity contribution in [2.75, 3.05) is 0 Å². The van der Waals surface area contributed by atoms with Gasteiger partial charge in [0, 0.05) is 24.4 Å². The zero-order chi connectivity index (χ0) is 19.2. The van der Waals surface area contributed by atoms with Crippen molar-refractivity contribution in [2.24, 2.45) is 5.92 Å². The molecule has 3 aliphatic heterocycles. The van der Waals surface area contributed by atoms with Crippen LogP contribution in [0.25, 0.3) is 0 Å². The van der Waals surface area contributed by atoms with E-state index in [1.807, 2.05) is 12.1 Å². The van der Waals surface area contributed by atoms with Gasteiger partial charge in [-0.3, -0.25) is 4.79 Å². The maximum absolute atomic E-state index is 12.8. The minimum absolute atomic E-state index is 0.226. The molecule has 4 nitrogen and oxygen atoms in total. The summed E-state index contributed by atoms with van der Waals surface area (Å²) < 4.78 is 12.2. The summed E-state index contributed by atoms with van der Waals surface area (Å²) in [5.74, 6) is 0.626. The first-order valence-electron chi connectivity index (χ1n) is 10.5. The van der Waals surface area contributed by atoms with Crippen molar-refractivity contribution in [2.45, 2.75) is 89.5 Å². The zero-order valence-electron chi connectivity index (χ0n) is 17.1. The summed E-state index contributed by atoms with van der Waals surface area (Å²) in [4.78, 5) is 12.8. The number of hydrogen-bond acceptors (Lipinski definition) is 4. The molecule has 0 aromatic heterocycles. The van der Waals surface area contributed by atoms with Crippen LogP contribution in [0.2, 0.25) is 0 Å². The molecule has 3 saturated heterocycles. The fraction of sp³-hybridized carbons (Fsp3) is 0.682. The van der Waals surface area contributed by atoms with E-state index in [1.54, 1.807) is 0 Å². The predicted octanol–water partition coefficient (Wildman–Crippen LogP) is 3.02. The number of nitrogens with one attached hydrogen (secondary N) is 1. The average Bonchev–Trinajstić information content (AvgIpc) is 2.83. The molecule has 5 heteroatoms. The van der Waals surface area contributed by atoms with Crippen molar-refractivity contribution in [3.05, 3.63) is 29.8 Å². The van der Waals surface area contributed by atoms with Gasteiger partial charge < -0.3 is 14.6 Å². The highest BCUT2D eigenvalue weighted by Gasteiger charge is 2.51.